The Balaban J connectivity index is 1.38. The molecule has 4 heteroatoms. The molecule has 3 nitrogen and oxygen atoms in total. The van der Waals surface area contributed by atoms with Crippen molar-refractivity contribution in [1.29, 1.82) is 0 Å². The Bertz CT molecular complexity index is 1540. The fourth-order valence-corrected chi connectivity index (χ4v) is 4.96. The van der Waals surface area contributed by atoms with Crippen LogP contribution in [-0.4, -0.2) is 18.3 Å². The number of hydrogen-bond acceptors (Lipinski definition) is 3. The zero-order valence-electron chi connectivity index (χ0n) is 22.4. The molecule has 188 valence electrons. The van der Waals surface area contributed by atoms with Crippen molar-refractivity contribution >= 4 is 40.4 Å². The molecule has 5 aromatic rings. The lowest BCUT2D eigenvalue weighted by atomic mass is 9.79. The first-order valence-electron chi connectivity index (χ1n) is 13.2. The first-order valence-corrected chi connectivity index (χ1v) is 13.2. The number of benzene rings is 5. The van der Waals surface area contributed by atoms with Gasteiger partial charge in [-0.25, -0.2) is 0 Å². The lowest BCUT2D eigenvalue weighted by molar-refractivity contribution is 0.00578. The van der Waals surface area contributed by atoms with Crippen LogP contribution < -0.4 is 10.4 Å². The second kappa shape index (κ2) is 9.47. The SMILES string of the molecule is CC1(C)OB(c2ccc(N(c3ccc(-c4ccccc4)cc3)c3ccc4ccccc4c3)cc2)OC1(C)C. The van der Waals surface area contributed by atoms with E-state index in [9.17, 15) is 0 Å². The first kappa shape index (κ1) is 24.5. The van der Waals surface area contributed by atoms with Gasteiger partial charge in [-0.2, -0.15) is 0 Å². The third-order valence-electron chi connectivity index (χ3n) is 7.90. The molecular formula is C34H32BNO2. The molecule has 0 unspecified atom stereocenters. The molecule has 38 heavy (non-hydrogen) atoms. The average Bonchev–Trinajstić information content (AvgIpc) is 3.16. The average molecular weight is 497 g/mol. The minimum Gasteiger partial charge on any atom is -0.399 e. The van der Waals surface area contributed by atoms with Crippen LogP contribution in [0.4, 0.5) is 17.1 Å². The van der Waals surface area contributed by atoms with Crippen molar-refractivity contribution in [3.63, 3.8) is 0 Å². The zero-order valence-corrected chi connectivity index (χ0v) is 22.4. The fraction of sp³-hybridized carbons (Fsp3) is 0.176. The molecule has 0 saturated carbocycles. The Kier molecular flexibility index (Phi) is 6.10. The highest BCUT2D eigenvalue weighted by molar-refractivity contribution is 6.62. The number of nitrogens with zero attached hydrogens (tertiary/aromatic N) is 1. The summed E-state index contributed by atoms with van der Waals surface area (Å²) in [6, 6.07) is 42.9. The van der Waals surface area contributed by atoms with Crippen molar-refractivity contribution in [3.05, 3.63) is 121 Å². The molecule has 0 bridgehead atoms. The van der Waals surface area contributed by atoms with Crippen LogP contribution in [-0.2, 0) is 9.31 Å². The Labute approximate surface area is 225 Å². The molecule has 1 aliphatic rings. The standard InChI is InChI=1S/C34H32BNO2/c1-33(2)34(3,4)38-35(37-33)29-17-22-31(23-18-29)36(32-21-16-26-12-8-9-13-28(26)24-32)30-19-14-27(15-20-30)25-10-6-5-7-11-25/h5-24H,1-4H3. The van der Waals surface area contributed by atoms with E-state index in [1.54, 1.807) is 0 Å². The summed E-state index contributed by atoms with van der Waals surface area (Å²) in [5.74, 6) is 0. The zero-order chi connectivity index (χ0) is 26.3. The van der Waals surface area contributed by atoms with E-state index in [0.29, 0.717) is 0 Å². The van der Waals surface area contributed by atoms with Crippen molar-refractivity contribution in [3.8, 4) is 11.1 Å². The first-order chi connectivity index (χ1) is 18.3. The second-order valence-corrected chi connectivity index (χ2v) is 11.0. The molecule has 0 N–H and O–H groups in total. The van der Waals surface area contributed by atoms with Crippen LogP contribution in [0.3, 0.4) is 0 Å². The van der Waals surface area contributed by atoms with Gasteiger partial charge in [0.25, 0.3) is 0 Å². The molecule has 1 saturated heterocycles. The van der Waals surface area contributed by atoms with Gasteiger partial charge < -0.3 is 14.2 Å². The van der Waals surface area contributed by atoms with Gasteiger partial charge >= 0.3 is 7.12 Å². The third-order valence-corrected chi connectivity index (χ3v) is 7.90. The Hall–Kier alpha value is -3.86. The van der Waals surface area contributed by atoms with Gasteiger partial charge in [0.2, 0.25) is 0 Å². The van der Waals surface area contributed by atoms with Gasteiger partial charge in [0.1, 0.15) is 0 Å². The fourth-order valence-electron chi connectivity index (χ4n) is 4.96. The van der Waals surface area contributed by atoms with E-state index < -0.39 is 0 Å². The molecule has 1 aliphatic heterocycles. The number of rotatable bonds is 5. The van der Waals surface area contributed by atoms with Gasteiger partial charge in [0.05, 0.1) is 11.2 Å². The molecule has 0 radical (unpaired) electrons. The summed E-state index contributed by atoms with van der Waals surface area (Å²) in [4.78, 5) is 2.30. The lowest BCUT2D eigenvalue weighted by Crippen LogP contribution is -2.41. The van der Waals surface area contributed by atoms with Gasteiger partial charge in [-0.1, -0.05) is 84.9 Å². The monoisotopic (exact) mass is 497 g/mol. The highest BCUT2D eigenvalue weighted by atomic mass is 16.7. The van der Waals surface area contributed by atoms with Crippen LogP contribution in [0.1, 0.15) is 27.7 Å². The van der Waals surface area contributed by atoms with E-state index in [-0.39, 0.29) is 18.3 Å². The Morgan fingerprint density at radius 3 is 1.63 bits per heavy atom. The van der Waals surface area contributed by atoms with Gasteiger partial charge in [0, 0.05) is 17.1 Å². The van der Waals surface area contributed by atoms with Gasteiger partial charge in [-0.15, -0.1) is 0 Å². The highest BCUT2D eigenvalue weighted by Gasteiger charge is 2.51. The molecule has 1 heterocycles. The second-order valence-electron chi connectivity index (χ2n) is 11.0. The number of fused-ring (bicyclic) bond motifs is 1. The molecule has 6 rings (SSSR count). The van der Waals surface area contributed by atoms with Gasteiger partial charge in [-0.05, 0) is 91.5 Å². The molecule has 0 amide bonds. The van der Waals surface area contributed by atoms with E-state index in [0.717, 1.165) is 22.5 Å². The summed E-state index contributed by atoms with van der Waals surface area (Å²) in [5.41, 5.74) is 5.98. The lowest BCUT2D eigenvalue weighted by Gasteiger charge is -2.32. The molecule has 1 fully saturated rings. The largest absolute Gasteiger partial charge is 0.494 e. The van der Waals surface area contributed by atoms with Crippen LogP contribution in [0.2, 0.25) is 0 Å². The molecule has 0 spiro atoms. The van der Waals surface area contributed by atoms with E-state index in [1.807, 2.05) is 6.07 Å². The summed E-state index contributed by atoms with van der Waals surface area (Å²) < 4.78 is 12.6. The van der Waals surface area contributed by atoms with Crippen molar-refractivity contribution in [1.82, 2.24) is 0 Å². The van der Waals surface area contributed by atoms with Crippen molar-refractivity contribution in [2.45, 2.75) is 38.9 Å². The van der Waals surface area contributed by atoms with Crippen LogP contribution in [0.5, 0.6) is 0 Å². The summed E-state index contributed by atoms with van der Waals surface area (Å²) in [6.07, 6.45) is 0. The minimum atomic E-state index is -0.381. The topological polar surface area (TPSA) is 21.7 Å². The van der Waals surface area contributed by atoms with Crippen LogP contribution in [0.15, 0.2) is 121 Å². The Morgan fingerprint density at radius 2 is 1.00 bits per heavy atom. The van der Waals surface area contributed by atoms with E-state index in [1.165, 1.54) is 21.9 Å². The highest BCUT2D eigenvalue weighted by Crippen LogP contribution is 2.38. The third kappa shape index (κ3) is 4.51. The summed E-state index contributed by atoms with van der Waals surface area (Å²) in [7, 11) is -0.381. The maximum Gasteiger partial charge on any atom is 0.494 e. The maximum atomic E-state index is 6.29. The maximum absolute atomic E-state index is 6.29. The summed E-state index contributed by atoms with van der Waals surface area (Å²) >= 11 is 0. The molecule has 5 aromatic carbocycles. The van der Waals surface area contributed by atoms with Gasteiger partial charge in [0.15, 0.2) is 0 Å². The number of hydrogen-bond donors (Lipinski definition) is 0. The predicted molar refractivity (Wildman–Crippen MR) is 160 cm³/mol. The van der Waals surface area contributed by atoms with Crippen molar-refractivity contribution < 1.29 is 9.31 Å². The normalized spacial score (nSPS) is 16.1. The number of anilines is 3. The molecule has 0 aliphatic carbocycles. The van der Waals surface area contributed by atoms with Crippen LogP contribution in [0.25, 0.3) is 21.9 Å². The predicted octanol–water partition coefficient (Wildman–Crippen LogP) is 8.28. The van der Waals surface area contributed by atoms with Crippen molar-refractivity contribution in [2.24, 2.45) is 0 Å². The van der Waals surface area contributed by atoms with Gasteiger partial charge in [-0.3, -0.25) is 0 Å². The smallest absolute Gasteiger partial charge is 0.399 e. The molecule has 0 aromatic heterocycles. The molecule has 0 atom stereocenters. The van der Waals surface area contributed by atoms with Crippen LogP contribution in [0, 0.1) is 0 Å². The van der Waals surface area contributed by atoms with Crippen molar-refractivity contribution in [2.75, 3.05) is 4.90 Å². The van der Waals surface area contributed by atoms with Crippen LogP contribution >= 0.6 is 0 Å². The summed E-state index contributed by atoms with van der Waals surface area (Å²) in [6.45, 7) is 8.34. The van der Waals surface area contributed by atoms with E-state index in [2.05, 4.69) is 148 Å². The minimum absolute atomic E-state index is 0.367. The Morgan fingerprint density at radius 1 is 0.500 bits per heavy atom. The summed E-state index contributed by atoms with van der Waals surface area (Å²) in [5, 5.41) is 2.44. The van der Waals surface area contributed by atoms with E-state index >= 15 is 0 Å². The quantitative estimate of drug-likeness (QED) is 0.228. The molecular weight excluding hydrogens is 465 g/mol. The van der Waals surface area contributed by atoms with E-state index in [4.69, 9.17) is 9.31 Å².